The van der Waals surface area contributed by atoms with Crippen LogP contribution < -0.4 is 0 Å². The fourth-order valence-corrected chi connectivity index (χ4v) is 2.14. The molecule has 1 rings (SSSR count). The van der Waals surface area contributed by atoms with Crippen molar-refractivity contribution in [3.05, 3.63) is 12.2 Å². The van der Waals surface area contributed by atoms with Gasteiger partial charge in [0.05, 0.1) is 24.2 Å². The van der Waals surface area contributed by atoms with Crippen molar-refractivity contribution in [2.24, 2.45) is 0 Å². The molecule has 8 heteroatoms. The Morgan fingerprint density at radius 2 is 1.71 bits per heavy atom. The predicted molar refractivity (Wildman–Crippen MR) is 57.1 cm³/mol. The molecule has 0 saturated heterocycles. The molecule has 96 valence electrons. The SMILES string of the molecule is C[N+](C)(CCCS(=O)(=O)[O-])N1C(=O)C=CC1=O. The molecule has 0 unspecified atom stereocenters. The molecule has 2 amide bonds. The second kappa shape index (κ2) is 4.55. The topological polar surface area (TPSA) is 94.6 Å². The monoisotopic (exact) mass is 262 g/mol. The summed E-state index contributed by atoms with van der Waals surface area (Å²) in [6.07, 6.45) is 2.41. The first-order valence-electron chi connectivity index (χ1n) is 4.97. The highest BCUT2D eigenvalue weighted by Crippen LogP contribution is 2.14. The lowest BCUT2D eigenvalue weighted by Gasteiger charge is -2.35. The van der Waals surface area contributed by atoms with Crippen LogP contribution in [0.5, 0.6) is 0 Å². The van der Waals surface area contributed by atoms with Crippen molar-refractivity contribution in [2.75, 3.05) is 26.4 Å². The lowest BCUT2D eigenvalue weighted by atomic mass is 10.4. The van der Waals surface area contributed by atoms with Crippen molar-refractivity contribution < 1.29 is 27.2 Å². The van der Waals surface area contributed by atoms with Crippen LogP contribution in [0.15, 0.2) is 12.2 Å². The lowest BCUT2D eigenvalue weighted by Crippen LogP contribution is -2.58. The molecule has 0 saturated carbocycles. The molecule has 7 nitrogen and oxygen atoms in total. The van der Waals surface area contributed by atoms with Crippen LogP contribution in [0.4, 0.5) is 0 Å². The zero-order chi connectivity index (χ0) is 13.3. The summed E-state index contributed by atoms with van der Waals surface area (Å²) in [5, 5.41) is 1.01. The first-order chi connectivity index (χ1) is 7.63. The molecule has 0 aromatic carbocycles. The molecule has 0 radical (unpaired) electrons. The largest absolute Gasteiger partial charge is 0.748 e. The van der Waals surface area contributed by atoms with Crippen LogP contribution in [-0.2, 0) is 19.7 Å². The van der Waals surface area contributed by atoms with E-state index in [-0.39, 0.29) is 17.6 Å². The van der Waals surface area contributed by atoms with Gasteiger partial charge >= 0.3 is 0 Å². The van der Waals surface area contributed by atoms with Crippen LogP contribution >= 0.6 is 0 Å². The van der Waals surface area contributed by atoms with E-state index in [0.29, 0.717) is 0 Å². The van der Waals surface area contributed by atoms with Gasteiger partial charge in [-0.3, -0.25) is 9.59 Å². The van der Waals surface area contributed by atoms with Gasteiger partial charge in [0.2, 0.25) is 0 Å². The Balaban J connectivity index is 2.63. The van der Waals surface area contributed by atoms with Gasteiger partial charge in [-0.1, -0.05) is 0 Å². The predicted octanol–water partition coefficient (Wildman–Crippen LogP) is -1.16. The van der Waals surface area contributed by atoms with Crippen molar-refractivity contribution in [1.82, 2.24) is 5.01 Å². The van der Waals surface area contributed by atoms with Crippen LogP contribution in [0.1, 0.15) is 6.42 Å². The van der Waals surface area contributed by atoms with Crippen molar-refractivity contribution >= 4 is 21.9 Å². The Morgan fingerprint density at radius 1 is 1.24 bits per heavy atom. The number of amides is 2. The number of rotatable bonds is 5. The van der Waals surface area contributed by atoms with E-state index in [1.165, 1.54) is 0 Å². The molecule has 0 bridgehead atoms. The first kappa shape index (κ1) is 13.8. The molecule has 0 atom stereocenters. The van der Waals surface area contributed by atoms with Crippen LogP contribution in [0.2, 0.25) is 0 Å². The summed E-state index contributed by atoms with van der Waals surface area (Å²) in [6, 6.07) is 0. The van der Waals surface area contributed by atoms with Gasteiger partial charge in [-0.25, -0.2) is 13.0 Å². The third-order valence-electron chi connectivity index (χ3n) is 2.43. The summed E-state index contributed by atoms with van der Waals surface area (Å²) < 4.78 is 31.2. The van der Waals surface area contributed by atoms with Gasteiger partial charge in [-0.2, -0.15) is 0 Å². The van der Waals surface area contributed by atoms with E-state index in [9.17, 15) is 22.6 Å². The van der Waals surface area contributed by atoms with Crippen molar-refractivity contribution in [1.29, 1.82) is 0 Å². The van der Waals surface area contributed by atoms with Gasteiger partial charge in [-0.05, 0) is 0 Å². The summed E-state index contributed by atoms with van der Waals surface area (Å²) in [5.74, 6) is -1.38. The molecule has 0 fully saturated rings. The maximum atomic E-state index is 11.4. The number of nitrogens with zero attached hydrogens (tertiary/aromatic N) is 2. The molecular formula is C9H14N2O5S. The van der Waals surface area contributed by atoms with Gasteiger partial charge in [-0.15, -0.1) is 5.01 Å². The molecule has 0 spiro atoms. The number of imide groups is 1. The van der Waals surface area contributed by atoms with Crippen LogP contribution in [0.25, 0.3) is 0 Å². The Hall–Kier alpha value is -1.25. The highest BCUT2D eigenvalue weighted by atomic mass is 32.2. The molecule has 0 aromatic heterocycles. The van der Waals surface area contributed by atoms with E-state index in [0.717, 1.165) is 17.2 Å². The molecular weight excluding hydrogens is 248 g/mol. The molecule has 1 aliphatic heterocycles. The molecule has 1 heterocycles. The standard InChI is InChI=1S/C9H14N2O5S/c1-11(2,6-3-7-17(14,15)16)10-8(12)4-5-9(10)13/h4-5H,3,6-7H2,1-2H3. The first-order valence-corrected chi connectivity index (χ1v) is 6.54. The lowest BCUT2D eigenvalue weighted by molar-refractivity contribution is -0.977. The third-order valence-corrected chi connectivity index (χ3v) is 3.22. The number of carbonyl (C=O) groups excluding carboxylic acids is 2. The van der Waals surface area contributed by atoms with Crippen LogP contribution in [0.3, 0.4) is 0 Å². The maximum Gasteiger partial charge on any atom is 0.300 e. The molecule has 1 aliphatic rings. The minimum absolute atomic E-state index is 0.0931. The van der Waals surface area contributed by atoms with E-state index in [2.05, 4.69) is 0 Å². The van der Waals surface area contributed by atoms with E-state index in [4.69, 9.17) is 0 Å². The van der Waals surface area contributed by atoms with Gasteiger partial charge < -0.3 is 4.55 Å². The summed E-state index contributed by atoms with van der Waals surface area (Å²) in [6.45, 7) is 0.209. The number of hydrogen-bond acceptors (Lipinski definition) is 5. The van der Waals surface area contributed by atoms with E-state index in [1.807, 2.05) is 0 Å². The third kappa shape index (κ3) is 3.62. The van der Waals surface area contributed by atoms with Crippen LogP contribution in [-0.4, -0.2) is 60.8 Å². The number of quaternary nitrogens is 1. The van der Waals surface area contributed by atoms with E-state index in [1.54, 1.807) is 14.1 Å². The highest BCUT2D eigenvalue weighted by molar-refractivity contribution is 7.85. The normalized spacial score (nSPS) is 17.0. The van der Waals surface area contributed by atoms with Crippen molar-refractivity contribution in [3.63, 3.8) is 0 Å². The molecule has 0 aromatic rings. The minimum atomic E-state index is -4.26. The summed E-state index contributed by atoms with van der Waals surface area (Å²) in [7, 11) is -1.07. The molecule has 0 aliphatic carbocycles. The zero-order valence-electron chi connectivity index (χ0n) is 9.62. The maximum absolute atomic E-state index is 11.4. The van der Waals surface area contributed by atoms with Gasteiger partial charge in [0.25, 0.3) is 11.8 Å². The summed E-state index contributed by atoms with van der Waals surface area (Å²) in [4.78, 5) is 22.8. The average Bonchev–Trinajstić information content (AvgIpc) is 2.43. The minimum Gasteiger partial charge on any atom is -0.748 e. The summed E-state index contributed by atoms with van der Waals surface area (Å²) >= 11 is 0. The fourth-order valence-electron chi connectivity index (χ4n) is 1.65. The zero-order valence-corrected chi connectivity index (χ0v) is 10.4. The van der Waals surface area contributed by atoms with E-state index >= 15 is 0 Å². The summed E-state index contributed by atoms with van der Waals surface area (Å²) in [5.41, 5.74) is 0. The smallest absolute Gasteiger partial charge is 0.300 e. The Labute approximate surface area is 99.6 Å². The average molecular weight is 262 g/mol. The fraction of sp³-hybridized carbons (Fsp3) is 0.556. The van der Waals surface area contributed by atoms with Gasteiger partial charge in [0, 0.05) is 24.3 Å². The number of hydrogen-bond donors (Lipinski definition) is 0. The second-order valence-corrected chi connectivity index (χ2v) is 5.81. The van der Waals surface area contributed by atoms with E-state index < -0.39 is 27.7 Å². The van der Waals surface area contributed by atoms with Crippen molar-refractivity contribution in [2.45, 2.75) is 6.42 Å². The van der Waals surface area contributed by atoms with Gasteiger partial charge in [0.1, 0.15) is 6.54 Å². The molecule has 0 N–H and O–H groups in total. The molecule has 17 heavy (non-hydrogen) atoms. The Morgan fingerprint density at radius 3 is 2.12 bits per heavy atom. The van der Waals surface area contributed by atoms with Gasteiger partial charge in [0.15, 0.2) is 0 Å². The Bertz CT molecular complexity index is 448. The van der Waals surface area contributed by atoms with Crippen molar-refractivity contribution in [3.8, 4) is 0 Å². The Kier molecular flexibility index (Phi) is 3.70. The highest BCUT2D eigenvalue weighted by Gasteiger charge is 2.37. The second-order valence-electron chi connectivity index (χ2n) is 4.28. The van der Waals surface area contributed by atoms with Crippen LogP contribution in [0, 0.1) is 0 Å². The number of carbonyl (C=O) groups is 2. The quantitative estimate of drug-likeness (QED) is 0.354.